The summed E-state index contributed by atoms with van der Waals surface area (Å²) in [6.07, 6.45) is 7.80. The molecular weight excluding hydrogens is 406 g/mol. The van der Waals surface area contributed by atoms with Crippen molar-refractivity contribution in [2.24, 2.45) is 5.92 Å². The molecule has 4 rings (SSSR count). The maximum atomic E-state index is 13.1. The van der Waals surface area contributed by atoms with Crippen molar-refractivity contribution in [1.29, 1.82) is 0 Å². The number of pyridine rings is 1. The zero-order valence-electron chi connectivity index (χ0n) is 17.5. The van der Waals surface area contributed by atoms with Gasteiger partial charge in [-0.3, -0.25) is 4.98 Å². The fraction of sp³-hybridized carbons (Fsp3) is 0.619. The third kappa shape index (κ3) is 4.38. The highest BCUT2D eigenvalue weighted by Crippen LogP contribution is 2.40. The van der Waals surface area contributed by atoms with Gasteiger partial charge in [0, 0.05) is 32.1 Å². The Bertz CT molecular complexity index is 933. The second-order valence-electron chi connectivity index (χ2n) is 8.27. The molecule has 2 aromatic rings. The van der Waals surface area contributed by atoms with Crippen molar-refractivity contribution in [3.05, 3.63) is 36.0 Å². The van der Waals surface area contributed by atoms with E-state index in [9.17, 15) is 8.42 Å². The molecule has 0 aliphatic carbocycles. The van der Waals surface area contributed by atoms with Gasteiger partial charge in [-0.2, -0.15) is 4.31 Å². The van der Waals surface area contributed by atoms with Crippen LogP contribution in [0.5, 0.6) is 5.75 Å². The summed E-state index contributed by atoms with van der Waals surface area (Å²) in [7, 11) is -3.60. The summed E-state index contributed by atoms with van der Waals surface area (Å²) in [5, 5.41) is 3.80. The zero-order valence-corrected chi connectivity index (χ0v) is 18.4. The average Bonchev–Trinajstić information content (AvgIpc) is 3.08. The first-order valence-electron chi connectivity index (χ1n) is 10.5. The minimum absolute atomic E-state index is 0.203. The molecule has 0 amide bonds. The molecule has 2 aromatic heterocycles. The number of aromatic nitrogens is 2. The van der Waals surface area contributed by atoms with Crippen LogP contribution in [0.25, 0.3) is 0 Å². The molecule has 0 aromatic carbocycles. The van der Waals surface area contributed by atoms with Gasteiger partial charge in [0.25, 0.3) is 0 Å². The second-order valence-corrected chi connectivity index (χ2v) is 10.1. The van der Waals surface area contributed by atoms with E-state index >= 15 is 0 Å². The van der Waals surface area contributed by atoms with Gasteiger partial charge in [0.1, 0.15) is 16.3 Å². The number of hydrogen-bond donors (Lipinski definition) is 0. The molecule has 0 bridgehead atoms. The number of sulfonamides is 1. The van der Waals surface area contributed by atoms with Crippen LogP contribution in [-0.2, 0) is 14.8 Å². The molecule has 30 heavy (non-hydrogen) atoms. The fourth-order valence-corrected chi connectivity index (χ4v) is 6.34. The Labute approximate surface area is 177 Å². The topological polar surface area (TPSA) is 94.8 Å². The van der Waals surface area contributed by atoms with Crippen LogP contribution in [0.2, 0.25) is 0 Å². The molecule has 2 saturated heterocycles. The predicted molar refractivity (Wildman–Crippen MR) is 110 cm³/mol. The van der Waals surface area contributed by atoms with Gasteiger partial charge in [-0.1, -0.05) is 5.16 Å². The van der Waals surface area contributed by atoms with E-state index in [1.54, 1.807) is 30.5 Å². The molecule has 1 unspecified atom stereocenters. The number of ether oxygens (including phenoxy) is 2. The van der Waals surface area contributed by atoms with Crippen molar-refractivity contribution in [1.82, 2.24) is 14.4 Å². The highest BCUT2D eigenvalue weighted by molar-refractivity contribution is 7.89. The van der Waals surface area contributed by atoms with Crippen molar-refractivity contribution in [3.8, 4) is 5.75 Å². The minimum atomic E-state index is -3.60. The predicted octanol–water partition coefficient (Wildman–Crippen LogP) is 3.11. The van der Waals surface area contributed by atoms with Crippen LogP contribution in [0.1, 0.15) is 43.6 Å². The molecule has 9 heteroatoms. The van der Waals surface area contributed by atoms with E-state index in [0.29, 0.717) is 49.9 Å². The van der Waals surface area contributed by atoms with E-state index in [4.69, 9.17) is 14.0 Å². The fourth-order valence-electron chi connectivity index (χ4n) is 4.61. The molecule has 164 valence electrons. The van der Waals surface area contributed by atoms with Gasteiger partial charge < -0.3 is 14.0 Å². The minimum Gasteiger partial charge on any atom is -0.493 e. The highest BCUT2D eigenvalue weighted by Gasteiger charge is 2.43. The van der Waals surface area contributed by atoms with Crippen LogP contribution in [0.3, 0.4) is 0 Å². The largest absolute Gasteiger partial charge is 0.493 e. The quantitative estimate of drug-likeness (QED) is 0.688. The third-order valence-corrected chi connectivity index (χ3v) is 8.38. The molecule has 0 radical (unpaired) electrons. The number of aryl methyl sites for hydroxylation is 2. The van der Waals surface area contributed by atoms with Crippen LogP contribution < -0.4 is 4.74 Å². The van der Waals surface area contributed by atoms with E-state index in [2.05, 4.69) is 10.1 Å². The van der Waals surface area contributed by atoms with Crippen molar-refractivity contribution in [2.75, 3.05) is 26.3 Å². The SMILES string of the molecule is Cc1noc(C)c1S(=O)(=O)N1CCC2(CC1)CC(CCOc1ccncc1)CCO2. The lowest BCUT2D eigenvalue weighted by molar-refractivity contribution is -0.122. The molecule has 8 nitrogen and oxygen atoms in total. The molecule has 0 saturated carbocycles. The van der Waals surface area contributed by atoms with Gasteiger partial charge in [-0.05, 0) is 64.0 Å². The average molecular weight is 436 g/mol. The number of piperidine rings is 1. The van der Waals surface area contributed by atoms with E-state index in [1.807, 2.05) is 12.1 Å². The Morgan fingerprint density at radius 1 is 1.23 bits per heavy atom. The molecule has 2 aliphatic heterocycles. The van der Waals surface area contributed by atoms with E-state index in [-0.39, 0.29) is 10.5 Å². The molecule has 0 N–H and O–H groups in total. The van der Waals surface area contributed by atoms with Crippen LogP contribution in [0.15, 0.2) is 33.9 Å². The Kier molecular flexibility index (Phi) is 6.13. The summed E-state index contributed by atoms with van der Waals surface area (Å²) in [5.74, 6) is 1.70. The van der Waals surface area contributed by atoms with Gasteiger partial charge in [0.05, 0.1) is 12.2 Å². The molecule has 2 fully saturated rings. The number of nitrogens with zero attached hydrogens (tertiary/aromatic N) is 3. The molecular formula is C21H29N3O5S. The van der Waals surface area contributed by atoms with Crippen LogP contribution in [-0.4, -0.2) is 54.8 Å². The van der Waals surface area contributed by atoms with Gasteiger partial charge >= 0.3 is 0 Å². The summed E-state index contributed by atoms with van der Waals surface area (Å²) < 4.78 is 44.8. The van der Waals surface area contributed by atoms with Gasteiger partial charge in [0.15, 0.2) is 5.76 Å². The summed E-state index contributed by atoms with van der Waals surface area (Å²) in [6.45, 7) is 5.59. The van der Waals surface area contributed by atoms with Crippen molar-refractivity contribution < 1.29 is 22.4 Å². The van der Waals surface area contributed by atoms with Gasteiger partial charge in [0.2, 0.25) is 10.0 Å². The van der Waals surface area contributed by atoms with Crippen LogP contribution in [0.4, 0.5) is 0 Å². The van der Waals surface area contributed by atoms with Gasteiger partial charge in [-0.25, -0.2) is 8.42 Å². The summed E-state index contributed by atoms with van der Waals surface area (Å²) in [4.78, 5) is 4.20. The highest BCUT2D eigenvalue weighted by atomic mass is 32.2. The van der Waals surface area contributed by atoms with Crippen molar-refractivity contribution in [3.63, 3.8) is 0 Å². The van der Waals surface area contributed by atoms with Crippen molar-refractivity contribution in [2.45, 2.75) is 56.4 Å². The maximum Gasteiger partial charge on any atom is 0.248 e. The summed E-state index contributed by atoms with van der Waals surface area (Å²) in [6, 6.07) is 3.72. The lowest BCUT2D eigenvalue weighted by Crippen LogP contribution is -2.50. The van der Waals surface area contributed by atoms with Crippen LogP contribution in [0, 0.1) is 19.8 Å². The monoisotopic (exact) mass is 435 g/mol. The first-order chi connectivity index (χ1) is 14.4. The Hall–Kier alpha value is -1.97. The Morgan fingerprint density at radius 3 is 2.63 bits per heavy atom. The standard InChI is InChI=1S/C21H29N3O5S/c1-16-20(17(2)29-23-16)30(25,26)24-11-7-21(8-12-24)15-18(6-14-28-21)5-13-27-19-3-9-22-10-4-19/h3-4,9-10,18H,5-8,11-15H2,1-2H3. The third-order valence-electron chi connectivity index (χ3n) is 6.24. The molecule has 4 heterocycles. The number of hydrogen-bond acceptors (Lipinski definition) is 7. The zero-order chi connectivity index (χ0) is 21.2. The molecule has 1 spiro atoms. The Balaban J connectivity index is 1.33. The normalized spacial score (nSPS) is 22.3. The first kappa shape index (κ1) is 21.3. The van der Waals surface area contributed by atoms with E-state index < -0.39 is 10.0 Å². The summed E-state index contributed by atoms with van der Waals surface area (Å²) in [5.41, 5.74) is 0.181. The van der Waals surface area contributed by atoms with Gasteiger partial charge in [-0.15, -0.1) is 0 Å². The maximum absolute atomic E-state index is 13.1. The lowest BCUT2D eigenvalue weighted by atomic mass is 9.79. The second kappa shape index (κ2) is 8.64. The lowest BCUT2D eigenvalue weighted by Gasteiger charge is -2.45. The molecule has 2 aliphatic rings. The number of rotatable bonds is 6. The Morgan fingerprint density at radius 2 is 1.97 bits per heavy atom. The summed E-state index contributed by atoms with van der Waals surface area (Å²) >= 11 is 0. The van der Waals surface area contributed by atoms with Crippen molar-refractivity contribution >= 4 is 10.0 Å². The van der Waals surface area contributed by atoms with E-state index in [0.717, 1.165) is 31.6 Å². The van der Waals surface area contributed by atoms with Crippen LogP contribution >= 0.6 is 0 Å². The smallest absolute Gasteiger partial charge is 0.248 e. The molecule has 1 atom stereocenters. The first-order valence-corrected chi connectivity index (χ1v) is 11.9. The van der Waals surface area contributed by atoms with E-state index in [1.165, 1.54) is 0 Å².